The fraction of sp³-hybridized carbons (Fsp3) is 0.462. The van der Waals surface area contributed by atoms with Gasteiger partial charge >= 0.3 is 0 Å². The highest BCUT2D eigenvalue weighted by Crippen LogP contribution is 2.17. The zero-order chi connectivity index (χ0) is 15.3. The standard InChI is InChI=1S/C13H21N3O2S2/c1-5-10(2)14-13(19)15-11-7-6-8-12(9-11)20(17,18)16(3)4/h6-10H,5H2,1-4H3,(H2,14,15,19). The molecule has 0 radical (unpaired) electrons. The Balaban J connectivity index is 2.87. The van der Waals surface area contributed by atoms with Crippen LogP contribution in [0.15, 0.2) is 29.2 Å². The largest absolute Gasteiger partial charge is 0.360 e. The van der Waals surface area contributed by atoms with Crippen LogP contribution >= 0.6 is 12.2 Å². The van der Waals surface area contributed by atoms with Crippen molar-refractivity contribution < 1.29 is 8.42 Å². The maximum Gasteiger partial charge on any atom is 0.242 e. The Morgan fingerprint density at radius 1 is 1.40 bits per heavy atom. The second-order valence-corrected chi connectivity index (χ2v) is 7.28. The first-order valence-electron chi connectivity index (χ1n) is 6.37. The van der Waals surface area contributed by atoms with Crippen molar-refractivity contribution in [1.29, 1.82) is 0 Å². The van der Waals surface area contributed by atoms with Gasteiger partial charge in [-0.3, -0.25) is 0 Å². The van der Waals surface area contributed by atoms with Crippen molar-refractivity contribution in [3.8, 4) is 0 Å². The van der Waals surface area contributed by atoms with E-state index in [9.17, 15) is 8.42 Å². The number of anilines is 1. The van der Waals surface area contributed by atoms with Gasteiger partial charge in [0, 0.05) is 25.8 Å². The quantitative estimate of drug-likeness (QED) is 0.814. The van der Waals surface area contributed by atoms with Gasteiger partial charge in [-0.15, -0.1) is 0 Å². The molecule has 0 aliphatic carbocycles. The minimum absolute atomic E-state index is 0.235. The molecule has 112 valence electrons. The maximum absolute atomic E-state index is 12.0. The molecule has 1 atom stereocenters. The van der Waals surface area contributed by atoms with Gasteiger partial charge in [0.05, 0.1) is 4.90 Å². The van der Waals surface area contributed by atoms with E-state index in [4.69, 9.17) is 12.2 Å². The summed E-state index contributed by atoms with van der Waals surface area (Å²) in [6.45, 7) is 4.09. The summed E-state index contributed by atoms with van der Waals surface area (Å²) < 4.78 is 25.3. The number of thiocarbonyl (C=S) groups is 1. The molecule has 0 fully saturated rings. The average Bonchev–Trinajstić information content (AvgIpc) is 2.38. The molecule has 0 aliphatic rings. The van der Waals surface area contributed by atoms with E-state index in [0.29, 0.717) is 10.8 Å². The molecule has 1 aromatic rings. The molecule has 0 aromatic heterocycles. The zero-order valence-electron chi connectivity index (χ0n) is 12.2. The van der Waals surface area contributed by atoms with Crippen molar-refractivity contribution >= 4 is 33.0 Å². The number of hydrogen-bond donors (Lipinski definition) is 2. The van der Waals surface area contributed by atoms with E-state index in [2.05, 4.69) is 17.6 Å². The predicted octanol–water partition coefficient (Wildman–Crippen LogP) is 2.02. The lowest BCUT2D eigenvalue weighted by Crippen LogP contribution is -2.35. The van der Waals surface area contributed by atoms with E-state index < -0.39 is 10.0 Å². The summed E-state index contributed by atoms with van der Waals surface area (Å²) in [5.41, 5.74) is 0.647. The highest BCUT2D eigenvalue weighted by molar-refractivity contribution is 7.89. The molecule has 1 aromatic carbocycles. The van der Waals surface area contributed by atoms with Gasteiger partial charge in [0.2, 0.25) is 10.0 Å². The van der Waals surface area contributed by atoms with Gasteiger partial charge in [-0.2, -0.15) is 0 Å². The fourth-order valence-electron chi connectivity index (χ4n) is 1.44. The van der Waals surface area contributed by atoms with Crippen LogP contribution in [0.1, 0.15) is 20.3 Å². The first-order chi connectivity index (χ1) is 9.27. The summed E-state index contributed by atoms with van der Waals surface area (Å²) in [4.78, 5) is 0.235. The van der Waals surface area contributed by atoms with E-state index >= 15 is 0 Å². The molecular weight excluding hydrogens is 294 g/mol. The first kappa shape index (κ1) is 16.9. The lowest BCUT2D eigenvalue weighted by molar-refractivity contribution is 0.521. The summed E-state index contributed by atoms with van der Waals surface area (Å²) in [7, 11) is -0.424. The van der Waals surface area contributed by atoms with Gasteiger partial charge < -0.3 is 10.6 Å². The fourth-order valence-corrected chi connectivity index (χ4v) is 2.71. The van der Waals surface area contributed by atoms with Gasteiger partial charge in [0.15, 0.2) is 5.11 Å². The molecule has 0 aliphatic heterocycles. The van der Waals surface area contributed by atoms with Crippen LogP contribution < -0.4 is 10.6 Å². The van der Waals surface area contributed by atoms with Crippen LogP contribution in [0.2, 0.25) is 0 Å². The van der Waals surface area contributed by atoms with Crippen molar-refractivity contribution in [2.45, 2.75) is 31.2 Å². The molecule has 0 spiro atoms. The highest BCUT2D eigenvalue weighted by Gasteiger charge is 2.17. The van der Waals surface area contributed by atoms with E-state index in [1.165, 1.54) is 18.4 Å². The van der Waals surface area contributed by atoms with Gasteiger partial charge in [-0.1, -0.05) is 13.0 Å². The molecular formula is C13H21N3O2S2. The van der Waals surface area contributed by atoms with E-state index in [-0.39, 0.29) is 10.9 Å². The van der Waals surface area contributed by atoms with Crippen LogP contribution in [0.4, 0.5) is 5.69 Å². The maximum atomic E-state index is 12.0. The van der Waals surface area contributed by atoms with Gasteiger partial charge in [0.1, 0.15) is 0 Å². The number of benzene rings is 1. The Kier molecular flexibility index (Phi) is 5.91. The number of rotatable bonds is 5. The normalized spacial score (nSPS) is 13.1. The molecule has 0 saturated heterocycles. The number of nitrogens with one attached hydrogen (secondary N) is 2. The molecule has 0 bridgehead atoms. The minimum Gasteiger partial charge on any atom is -0.360 e. The number of nitrogens with zero attached hydrogens (tertiary/aromatic N) is 1. The van der Waals surface area contributed by atoms with Crippen LogP contribution in [0.3, 0.4) is 0 Å². The summed E-state index contributed by atoms with van der Waals surface area (Å²) in [5, 5.41) is 6.60. The lowest BCUT2D eigenvalue weighted by Gasteiger charge is -2.16. The third-order valence-corrected chi connectivity index (χ3v) is 4.89. The second kappa shape index (κ2) is 7.01. The second-order valence-electron chi connectivity index (χ2n) is 4.72. The van der Waals surface area contributed by atoms with E-state index in [0.717, 1.165) is 6.42 Å². The average molecular weight is 315 g/mol. The smallest absolute Gasteiger partial charge is 0.242 e. The molecule has 0 saturated carbocycles. The summed E-state index contributed by atoms with van der Waals surface area (Å²) in [5.74, 6) is 0. The van der Waals surface area contributed by atoms with Crippen LogP contribution in [-0.4, -0.2) is 38.0 Å². The Bertz CT molecular complexity index is 571. The van der Waals surface area contributed by atoms with Crippen molar-refractivity contribution in [2.75, 3.05) is 19.4 Å². The first-order valence-corrected chi connectivity index (χ1v) is 8.22. The van der Waals surface area contributed by atoms with Gasteiger partial charge in [-0.25, -0.2) is 12.7 Å². The van der Waals surface area contributed by atoms with Crippen LogP contribution in [0.25, 0.3) is 0 Å². The van der Waals surface area contributed by atoms with Crippen LogP contribution in [0, 0.1) is 0 Å². The van der Waals surface area contributed by atoms with Gasteiger partial charge in [0.25, 0.3) is 0 Å². The molecule has 0 heterocycles. The summed E-state index contributed by atoms with van der Waals surface area (Å²) >= 11 is 5.18. The summed E-state index contributed by atoms with van der Waals surface area (Å²) in [6.07, 6.45) is 0.955. The Hall–Kier alpha value is -1.18. The van der Waals surface area contributed by atoms with Crippen LogP contribution in [-0.2, 0) is 10.0 Å². The highest BCUT2D eigenvalue weighted by atomic mass is 32.2. The monoisotopic (exact) mass is 315 g/mol. The molecule has 1 rings (SSSR count). The molecule has 7 heteroatoms. The summed E-state index contributed by atoms with van der Waals surface area (Å²) in [6, 6.07) is 6.86. The molecule has 1 unspecified atom stereocenters. The van der Waals surface area contributed by atoms with Crippen LogP contribution in [0.5, 0.6) is 0 Å². The third kappa shape index (κ3) is 4.43. The Morgan fingerprint density at radius 2 is 2.05 bits per heavy atom. The molecule has 2 N–H and O–H groups in total. The number of hydrogen-bond acceptors (Lipinski definition) is 3. The van der Waals surface area contributed by atoms with E-state index in [1.54, 1.807) is 24.3 Å². The van der Waals surface area contributed by atoms with E-state index in [1.807, 2.05) is 6.92 Å². The lowest BCUT2D eigenvalue weighted by atomic mass is 10.3. The van der Waals surface area contributed by atoms with Crippen molar-refractivity contribution in [3.63, 3.8) is 0 Å². The van der Waals surface area contributed by atoms with Crippen molar-refractivity contribution in [3.05, 3.63) is 24.3 Å². The van der Waals surface area contributed by atoms with Crippen molar-refractivity contribution in [2.24, 2.45) is 0 Å². The molecule has 20 heavy (non-hydrogen) atoms. The van der Waals surface area contributed by atoms with Gasteiger partial charge in [-0.05, 0) is 43.8 Å². The Morgan fingerprint density at radius 3 is 2.60 bits per heavy atom. The minimum atomic E-state index is -3.43. The number of sulfonamides is 1. The third-order valence-electron chi connectivity index (χ3n) is 2.86. The molecule has 5 nitrogen and oxygen atoms in total. The Labute approximate surface area is 126 Å². The van der Waals surface area contributed by atoms with Crippen molar-refractivity contribution in [1.82, 2.24) is 9.62 Å². The predicted molar refractivity (Wildman–Crippen MR) is 86.4 cm³/mol. The zero-order valence-corrected chi connectivity index (χ0v) is 13.8. The molecule has 0 amide bonds. The SMILES string of the molecule is CCC(C)NC(=S)Nc1cccc(S(=O)(=O)N(C)C)c1. The topological polar surface area (TPSA) is 61.4 Å².